The molecule has 90 valence electrons. The number of aldehydes is 1. The molecule has 2 heteroatoms. The van der Waals surface area contributed by atoms with Gasteiger partial charge in [0.05, 0.1) is 0 Å². The zero-order valence-electron chi connectivity index (χ0n) is 10.1. The van der Waals surface area contributed by atoms with Crippen LogP contribution in [0.2, 0.25) is 0 Å². The molecule has 1 aromatic rings. The highest BCUT2D eigenvalue weighted by atomic mass is 16.1. The summed E-state index contributed by atoms with van der Waals surface area (Å²) in [6.07, 6.45) is 7.34. The van der Waals surface area contributed by atoms with Crippen LogP contribution >= 0.6 is 0 Å². The Hall–Kier alpha value is -1.15. The van der Waals surface area contributed by atoms with E-state index >= 15 is 0 Å². The van der Waals surface area contributed by atoms with E-state index in [0.29, 0.717) is 12.1 Å². The lowest BCUT2D eigenvalue weighted by Crippen LogP contribution is -2.29. The van der Waals surface area contributed by atoms with Gasteiger partial charge in [-0.05, 0) is 30.4 Å². The molecule has 2 unspecified atom stereocenters. The first-order chi connectivity index (χ1) is 8.38. The average Bonchev–Trinajstić information content (AvgIpc) is 2.98. The van der Waals surface area contributed by atoms with Gasteiger partial charge in [-0.2, -0.15) is 0 Å². The Bertz CT molecular complexity index is 409. The molecule has 0 spiro atoms. The van der Waals surface area contributed by atoms with Crippen LogP contribution < -0.4 is 5.32 Å². The van der Waals surface area contributed by atoms with E-state index < -0.39 is 0 Å². The molecule has 1 saturated carbocycles. The SMILES string of the molecule is O=CC1CC(NC2CCCC2)c2ccccc21. The second-order valence-electron chi connectivity index (χ2n) is 5.31. The van der Waals surface area contributed by atoms with E-state index in [1.54, 1.807) is 0 Å². The molecule has 17 heavy (non-hydrogen) atoms. The topological polar surface area (TPSA) is 29.1 Å². The summed E-state index contributed by atoms with van der Waals surface area (Å²) in [6.45, 7) is 0. The lowest BCUT2D eigenvalue weighted by Gasteiger charge is -2.19. The first-order valence-electron chi connectivity index (χ1n) is 6.68. The van der Waals surface area contributed by atoms with Gasteiger partial charge in [0, 0.05) is 18.0 Å². The minimum Gasteiger partial charge on any atom is -0.307 e. The quantitative estimate of drug-likeness (QED) is 0.807. The number of benzene rings is 1. The number of carbonyl (C=O) groups is 1. The predicted molar refractivity (Wildman–Crippen MR) is 68.0 cm³/mol. The summed E-state index contributed by atoms with van der Waals surface area (Å²) < 4.78 is 0. The van der Waals surface area contributed by atoms with E-state index in [9.17, 15) is 4.79 Å². The molecule has 1 N–H and O–H groups in total. The van der Waals surface area contributed by atoms with E-state index in [1.807, 2.05) is 6.07 Å². The van der Waals surface area contributed by atoms with Crippen LogP contribution in [0.25, 0.3) is 0 Å². The molecule has 0 aliphatic heterocycles. The molecule has 2 aliphatic rings. The van der Waals surface area contributed by atoms with E-state index in [2.05, 4.69) is 23.5 Å². The predicted octanol–water partition coefficient (Wildman–Crippen LogP) is 2.95. The number of carbonyl (C=O) groups excluding carboxylic acids is 1. The molecule has 0 heterocycles. The van der Waals surface area contributed by atoms with Crippen LogP contribution in [0.4, 0.5) is 0 Å². The van der Waals surface area contributed by atoms with Crippen molar-refractivity contribution in [3.63, 3.8) is 0 Å². The fourth-order valence-corrected chi connectivity index (χ4v) is 3.34. The van der Waals surface area contributed by atoms with Crippen molar-refractivity contribution in [2.24, 2.45) is 0 Å². The summed E-state index contributed by atoms with van der Waals surface area (Å²) in [5, 5.41) is 3.74. The number of rotatable bonds is 3. The number of hydrogen-bond donors (Lipinski definition) is 1. The summed E-state index contributed by atoms with van der Waals surface area (Å²) in [7, 11) is 0. The van der Waals surface area contributed by atoms with Gasteiger partial charge in [-0.15, -0.1) is 0 Å². The average molecular weight is 229 g/mol. The summed E-state index contributed by atoms with van der Waals surface area (Å²) in [4.78, 5) is 11.1. The van der Waals surface area contributed by atoms with Gasteiger partial charge in [0.2, 0.25) is 0 Å². The Balaban J connectivity index is 1.80. The van der Waals surface area contributed by atoms with Gasteiger partial charge in [0.25, 0.3) is 0 Å². The van der Waals surface area contributed by atoms with Crippen LogP contribution in [-0.4, -0.2) is 12.3 Å². The fourth-order valence-electron chi connectivity index (χ4n) is 3.34. The molecule has 1 aromatic carbocycles. The highest BCUT2D eigenvalue weighted by molar-refractivity contribution is 5.66. The van der Waals surface area contributed by atoms with Gasteiger partial charge in [0.1, 0.15) is 6.29 Å². The molecule has 0 radical (unpaired) electrons. The second-order valence-corrected chi connectivity index (χ2v) is 5.31. The van der Waals surface area contributed by atoms with Crippen molar-refractivity contribution in [3.05, 3.63) is 35.4 Å². The highest BCUT2D eigenvalue weighted by Gasteiger charge is 2.31. The molecule has 0 amide bonds. The molecule has 1 fully saturated rings. The normalized spacial score (nSPS) is 28.2. The maximum atomic E-state index is 11.1. The van der Waals surface area contributed by atoms with Crippen LogP contribution in [0.1, 0.15) is 55.2 Å². The third-order valence-corrected chi connectivity index (χ3v) is 4.22. The van der Waals surface area contributed by atoms with Crippen molar-refractivity contribution in [3.8, 4) is 0 Å². The second kappa shape index (κ2) is 4.61. The Morgan fingerprint density at radius 2 is 1.82 bits per heavy atom. The summed E-state index contributed by atoms with van der Waals surface area (Å²) >= 11 is 0. The van der Waals surface area contributed by atoms with Crippen molar-refractivity contribution >= 4 is 6.29 Å². The number of hydrogen-bond acceptors (Lipinski definition) is 2. The van der Waals surface area contributed by atoms with E-state index in [0.717, 1.165) is 12.7 Å². The van der Waals surface area contributed by atoms with Crippen LogP contribution in [-0.2, 0) is 4.79 Å². The van der Waals surface area contributed by atoms with Crippen molar-refractivity contribution in [1.82, 2.24) is 5.32 Å². The Morgan fingerprint density at radius 1 is 1.12 bits per heavy atom. The maximum Gasteiger partial charge on any atom is 0.127 e. The van der Waals surface area contributed by atoms with E-state index in [1.165, 1.54) is 36.8 Å². The molecule has 2 atom stereocenters. The molecule has 2 nitrogen and oxygen atoms in total. The van der Waals surface area contributed by atoms with Crippen molar-refractivity contribution in [2.45, 2.75) is 50.1 Å². The van der Waals surface area contributed by atoms with Crippen molar-refractivity contribution in [2.75, 3.05) is 0 Å². The molecular formula is C15H19NO. The van der Waals surface area contributed by atoms with Gasteiger partial charge in [-0.3, -0.25) is 0 Å². The van der Waals surface area contributed by atoms with Crippen LogP contribution in [0.5, 0.6) is 0 Å². The van der Waals surface area contributed by atoms with Gasteiger partial charge in [0.15, 0.2) is 0 Å². The summed E-state index contributed by atoms with van der Waals surface area (Å²) in [6, 6.07) is 9.45. The Morgan fingerprint density at radius 3 is 2.53 bits per heavy atom. The first-order valence-corrected chi connectivity index (χ1v) is 6.68. The van der Waals surface area contributed by atoms with Crippen LogP contribution in [0, 0.1) is 0 Å². The molecule has 0 aromatic heterocycles. The Kier molecular flexibility index (Phi) is 2.98. The smallest absolute Gasteiger partial charge is 0.127 e. The van der Waals surface area contributed by atoms with Gasteiger partial charge in [-0.25, -0.2) is 0 Å². The van der Waals surface area contributed by atoms with Crippen molar-refractivity contribution in [1.29, 1.82) is 0 Å². The number of fused-ring (bicyclic) bond motifs is 1. The first kappa shape index (κ1) is 11.0. The van der Waals surface area contributed by atoms with Crippen molar-refractivity contribution < 1.29 is 4.79 Å². The highest BCUT2D eigenvalue weighted by Crippen LogP contribution is 2.39. The fraction of sp³-hybridized carbons (Fsp3) is 0.533. The minimum absolute atomic E-state index is 0.102. The zero-order valence-corrected chi connectivity index (χ0v) is 10.1. The van der Waals surface area contributed by atoms with E-state index in [4.69, 9.17) is 0 Å². The van der Waals surface area contributed by atoms with Gasteiger partial charge in [-0.1, -0.05) is 37.1 Å². The third-order valence-electron chi connectivity index (χ3n) is 4.22. The standard InChI is InChI=1S/C15H19NO/c17-10-11-9-15(16-12-5-1-2-6-12)14-8-4-3-7-13(11)14/h3-4,7-8,10-12,15-16H,1-2,5-6,9H2. The molecule has 0 bridgehead atoms. The van der Waals surface area contributed by atoms with E-state index in [-0.39, 0.29) is 5.92 Å². The lowest BCUT2D eigenvalue weighted by atomic mass is 10.0. The molecule has 3 rings (SSSR count). The summed E-state index contributed by atoms with van der Waals surface area (Å²) in [5.74, 6) is 0.102. The Labute approximate surface area is 102 Å². The van der Waals surface area contributed by atoms with Crippen LogP contribution in [0.15, 0.2) is 24.3 Å². The molecular weight excluding hydrogens is 210 g/mol. The zero-order chi connectivity index (χ0) is 11.7. The minimum atomic E-state index is 0.102. The summed E-state index contributed by atoms with van der Waals surface area (Å²) in [5.41, 5.74) is 2.58. The number of nitrogens with one attached hydrogen (secondary N) is 1. The maximum absolute atomic E-state index is 11.1. The molecule has 2 aliphatic carbocycles. The third kappa shape index (κ3) is 2.02. The lowest BCUT2D eigenvalue weighted by molar-refractivity contribution is -0.109. The van der Waals surface area contributed by atoms with Gasteiger partial charge >= 0.3 is 0 Å². The molecule has 0 saturated heterocycles. The monoisotopic (exact) mass is 229 g/mol. The largest absolute Gasteiger partial charge is 0.307 e. The van der Waals surface area contributed by atoms with Crippen LogP contribution in [0.3, 0.4) is 0 Å². The van der Waals surface area contributed by atoms with Gasteiger partial charge < -0.3 is 10.1 Å².